The third-order valence-electron chi connectivity index (χ3n) is 21.5. The molecular weight excluding hydrogens is 1380 g/mol. The molecule has 2 aromatic carbocycles. The second-order valence-corrected chi connectivity index (χ2v) is 30.7. The number of amides is 8. The summed E-state index contributed by atoms with van der Waals surface area (Å²) in [4.78, 5) is 157. The van der Waals surface area contributed by atoms with Crippen LogP contribution in [-0.2, 0) is 89.3 Å². The molecule has 108 heavy (non-hydrogen) atoms. The van der Waals surface area contributed by atoms with Crippen LogP contribution in [0.2, 0.25) is 0 Å². The summed E-state index contributed by atoms with van der Waals surface area (Å²) in [5, 5.41) is 11.3. The minimum Gasteiger partial charge on any atom is -0.379 e. The number of Topliss-reactive ketones (excluding diaryl/α,β-unsaturated/α-hetero) is 4. The average Bonchev–Trinajstić information content (AvgIpc) is 1.74. The summed E-state index contributed by atoms with van der Waals surface area (Å²) in [5.41, 5.74) is 7.31. The quantitative estimate of drug-likeness (QED) is 0.0388. The Morgan fingerprint density at radius 3 is 1.78 bits per heavy atom. The summed E-state index contributed by atoms with van der Waals surface area (Å²) < 4.78 is 34.7. The van der Waals surface area contributed by atoms with Gasteiger partial charge in [-0.25, -0.2) is 4.79 Å². The number of carbonyl (C=O) groups is 11. The van der Waals surface area contributed by atoms with Crippen molar-refractivity contribution in [1.29, 1.82) is 0 Å². The van der Waals surface area contributed by atoms with E-state index in [0.29, 0.717) is 95.7 Å². The van der Waals surface area contributed by atoms with E-state index in [1.165, 1.54) is 7.11 Å². The maximum atomic E-state index is 14.7. The van der Waals surface area contributed by atoms with Crippen molar-refractivity contribution in [2.45, 2.75) is 221 Å². The molecule has 4 rings (SSSR count). The van der Waals surface area contributed by atoms with Crippen LogP contribution >= 0.6 is 0 Å². The van der Waals surface area contributed by atoms with E-state index >= 15 is 0 Å². The number of nitrogens with zero attached hydrogens (tertiary/aromatic N) is 4. The molecule has 2 aliphatic rings. The van der Waals surface area contributed by atoms with Crippen LogP contribution in [0.1, 0.15) is 177 Å². The Balaban J connectivity index is 1.30. The van der Waals surface area contributed by atoms with Crippen molar-refractivity contribution in [2.75, 3.05) is 113 Å². The van der Waals surface area contributed by atoms with Crippen LogP contribution in [0.3, 0.4) is 0 Å². The number of likely N-dealkylation sites (tertiary alicyclic amines) is 2. The van der Waals surface area contributed by atoms with E-state index in [9.17, 15) is 52.7 Å². The van der Waals surface area contributed by atoms with Gasteiger partial charge in [-0.3, -0.25) is 52.8 Å². The Hall–Kier alpha value is -7.07. The van der Waals surface area contributed by atoms with Crippen LogP contribution in [0, 0.1) is 53.3 Å². The van der Waals surface area contributed by atoms with Crippen LogP contribution in [0.4, 0.5) is 10.5 Å². The number of anilines is 1. The second kappa shape index (κ2) is 49.2. The molecule has 0 aromatic heterocycles. The van der Waals surface area contributed by atoms with Crippen molar-refractivity contribution in [3.8, 4) is 0 Å². The molecule has 2 unspecified atom stereocenters. The molecular formula is C82H133N9O17. The number of primary amides is 1. The second-order valence-electron chi connectivity index (χ2n) is 30.7. The average molecular weight is 1520 g/mol. The monoisotopic (exact) mass is 1520 g/mol. The lowest BCUT2D eigenvalue weighted by Gasteiger charge is -2.41. The summed E-state index contributed by atoms with van der Waals surface area (Å²) in [6.07, 6.45) is 3.33. The Morgan fingerprint density at radius 2 is 1.23 bits per heavy atom. The van der Waals surface area contributed by atoms with Gasteiger partial charge in [-0.2, -0.15) is 0 Å². The van der Waals surface area contributed by atoms with E-state index in [2.05, 4.69) is 21.3 Å². The molecule has 8 amide bonds. The number of nitrogens with two attached hydrogens (primary N) is 1. The Kier molecular flexibility index (Phi) is 42.5. The summed E-state index contributed by atoms with van der Waals surface area (Å²) in [5.74, 6) is -5.12. The van der Waals surface area contributed by atoms with E-state index in [-0.39, 0.29) is 179 Å². The number of carbonyl (C=O) groups excluding carboxylic acids is 11. The summed E-state index contributed by atoms with van der Waals surface area (Å²) >= 11 is 0. The zero-order valence-corrected chi connectivity index (χ0v) is 67.8. The lowest BCUT2D eigenvalue weighted by Crippen LogP contribution is -2.54. The number of rotatable bonds is 53. The fourth-order valence-corrected chi connectivity index (χ4v) is 15.1. The smallest absolute Gasteiger partial charge is 0.312 e. The van der Waals surface area contributed by atoms with E-state index in [1.807, 2.05) is 110 Å². The van der Waals surface area contributed by atoms with Crippen molar-refractivity contribution < 1.29 is 81.2 Å². The van der Waals surface area contributed by atoms with Gasteiger partial charge < -0.3 is 70.1 Å². The van der Waals surface area contributed by atoms with Gasteiger partial charge in [0.15, 0.2) is 11.6 Å². The maximum Gasteiger partial charge on any atom is 0.312 e. The number of piperidine rings is 1. The molecule has 26 nitrogen and oxygen atoms in total. The molecule has 2 fully saturated rings. The van der Waals surface area contributed by atoms with Crippen LogP contribution in [-0.4, -0.2) is 234 Å². The third kappa shape index (κ3) is 31.0. The zero-order chi connectivity index (χ0) is 80.2. The Bertz CT molecular complexity index is 3110. The summed E-state index contributed by atoms with van der Waals surface area (Å²) in [6, 6.07) is 13.4. The highest BCUT2D eigenvalue weighted by Crippen LogP contribution is 2.33. The minimum absolute atomic E-state index is 0.0123. The van der Waals surface area contributed by atoms with Crippen molar-refractivity contribution in [3.63, 3.8) is 0 Å². The first-order chi connectivity index (χ1) is 51.4. The number of ether oxygens (including phenoxy) is 6. The van der Waals surface area contributed by atoms with Crippen LogP contribution in [0.25, 0.3) is 0 Å². The number of hydrogen-bond acceptors (Lipinski definition) is 18. The predicted octanol–water partition coefficient (Wildman–Crippen LogP) is 8.41. The van der Waals surface area contributed by atoms with Gasteiger partial charge in [-0.1, -0.05) is 118 Å². The highest BCUT2D eigenvalue weighted by atomic mass is 16.6. The number of methoxy groups -OCH3 is 2. The van der Waals surface area contributed by atoms with E-state index in [0.717, 1.165) is 5.56 Å². The molecule has 2 saturated heterocycles. The highest BCUT2D eigenvalue weighted by Gasteiger charge is 2.44. The van der Waals surface area contributed by atoms with Crippen molar-refractivity contribution in [2.24, 2.45) is 59.0 Å². The first kappa shape index (κ1) is 93.3. The molecule has 2 aromatic rings. The third-order valence-corrected chi connectivity index (χ3v) is 21.5. The maximum absolute atomic E-state index is 14.7. The molecule has 608 valence electrons. The van der Waals surface area contributed by atoms with Gasteiger partial charge in [0.25, 0.3) is 0 Å². The molecule has 2 aliphatic heterocycles. The van der Waals surface area contributed by atoms with Gasteiger partial charge >= 0.3 is 6.03 Å². The molecule has 13 atom stereocenters. The van der Waals surface area contributed by atoms with Crippen molar-refractivity contribution in [3.05, 3.63) is 65.7 Å². The molecule has 6 N–H and O–H groups in total. The van der Waals surface area contributed by atoms with Crippen molar-refractivity contribution >= 4 is 70.3 Å². The standard InChI is InChI=1S/C82H133N9O17/c1-17-56(9)77(89(14)81(101)65(53(3)4)50-70(95)76(55(7)8)88(12)13)71(103-15)51-74(98)91-36-23-27-66(91)78(104-16)58(11)68(93)49-63(47-59-24-20-19-21-25-59)79(99)85-52-60-28-30-64(31-29-60)86-80(100)62(26-22-35-84-82(83)102)48-69(94)75(54(5)6)87-72(96)33-38-105-40-42-107-44-45-108-43-41-106-39-34-73(97)90-37-32-61(46-57(90)10)67(92)18-2/h19-21,24-25,28-31,53-58,61-63,65-66,71,75-78H,17-18,22-23,26-27,32-52H2,1-16H3,(H,85,99)(H,86,100)(H,87,96)(H3,83,84,102)/t56-,57?,58-,61?,62+,63+,65-,66-,71+,75-,76-,77-,78+/m0/s1. The number of benzene rings is 2. The minimum atomic E-state index is -0.903. The van der Waals surface area contributed by atoms with Gasteiger partial charge in [0.2, 0.25) is 35.4 Å². The predicted molar refractivity (Wildman–Crippen MR) is 415 cm³/mol. The van der Waals surface area contributed by atoms with Gasteiger partial charge in [-0.05, 0) is 113 Å². The summed E-state index contributed by atoms with van der Waals surface area (Å²) in [7, 11) is 8.60. The SMILES string of the molecule is CCC(=O)C1CCN(C(=O)CCOCCOCCOCCOCCC(=O)N[C@H](C(=O)C[C@@H](CCCNC(N)=O)C(=O)Nc2ccc(CNC(=O)[C@@H](CC(=O)[C@H](C)[C@@H](OC)[C@@H]3CCCN3C(=O)C[C@@H](OC)[C@H]([C@@H](C)CC)N(C)C(=O)[C@@H](CC(=O)[C@H](C(C)C)N(C)C)C(C)C)Cc3ccccc3)cc2)C(C)C)C(C)C1. The van der Waals surface area contributed by atoms with Crippen LogP contribution < -0.4 is 27.0 Å². The lowest BCUT2D eigenvalue weighted by molar-refractivity contribution is -0.149. The molecule has 0 saturated carbocycles. The fraction of sp³-hybridized carbons (Fsp3) is 0.720. The number of urea groups is 1. The van der Waals surface area contributed by atoms with Gasteiger partial charge in [0, 0.05) is 121 Å². The lowest BCUT2D eigenvalue weighted by atomic mass is 9.83. The first-order valence-electron chi connectivity index (χ1n) is 39.4. The van der Waals surface area contributed by atoms with Crippen molar-refractivity contribution in [1.82, 2.24) is 35.6 Å². The number of likely N-dealkylation sites (N-methyl/N-ethyl adjacent to an activating group) is 2. The Morgan fingerprint density at radius 1 is 0.620 bits per heavy atom. The van der Waals surface area contributed by atoms with Gasteiger partial charge in [-0.15, -0.1) is 0 Å². The van der Waals surface area contributed by atoms with Gasteiger partial charge in [0.05, 0.1) is 102 Å². The van der Waals surface area contributed by atoms with E-state index in [4.69, 9.17) is 34.2 Å². The van der Waals surface area contributed by atoms with Crippen LogP contribution in [0.5, 0.6) is 0 Å². The fourth-order valence-electron chi connectivity index (χ4n) is 15.1. The van der Waals surface area contributed by atoms with E-state index < -0.39 is 71.9 Å². The molecule has 0 bridgehead atoms. The Labute approximate surface area is 643 Å². The molecule has 0 aliphatic carbocycles. The van der Waals surface area contributed by atoms with E-state index in [1.54, 1.807) is 69.0 Å². The first-order valence-corrected chi connectivity index (χ1v) is 39.4. The number of nitrogens with one attached hydrogen (secondary N) is 4. The highest BCUT2D eigenvalue weighted by molar-refractivity contribution is 5.98. The molecule has 0 radical (unpaired) electrons. The summed E-state index contributed by atoms with van der Waals surface area (Å²) in [6.45, 7) is 24.7. The normalized spacial score (nSPS) is 18.1. The zero-order valence-electron chi connectivity index (χ0n) is 67.8. The number of hydrogen-bond donors (Lipinski definition) is 5. The molecule has 26 heteroatoms. The largest absolute Gasteiger partial charge is 0.379 e. The van der Waals surface area contributed by atoms with Crippen LogP contribution in [0.15, 0.2) is 54.6 Å². The number of ketones is 4. The molecule has 0 spiro atoms. The van der Waals surface area contributed by atoms with Gasteiger partial charge in [0.1, 0.15) is 11.6 Å². The topological polar surface area (TPSA) is 330 Å². The molecule has 2 heterocycles.